The van der Waals surface area contributed by atoms with Crippen LogP contribution in [0.1, 0.15) is 42.8 Å². The third-order valence-corrected chi connectivity index (χ3v) is 4.09. The van der Waals surface area contributed by atoms with Crippen LogP contribution in [0.2, 0.25) is 0 Å². The maximum atomic E-state index is 12.6. The second kappa shape index (κ2) is 6.18. The summed E-state index contributed by atoms with van der Waals surface area (Å²) in [6.45, 7) is 4.61. The lowest BCUT2D eigenvalue weighted by Crippen LogP contribution is -2.29. The highest BCUT2D eigenvalue weighted by Crippen LogP contribution is 2.32. The Morgan fingerprint density at radius 3 is 2.82 bits per heavy atom. The van der Waals surface area contributed by atoms with Crippen LogP contribution in [0.15, 0.2) is 47.0 Å². The predicted octanol–water partition coefficient (Wildman–Crippen LogP) is 3.75. The van der Waals surface area contributed by atoms with E-state index in [9.17, 15) is 4.79 Å². The van der Waals surface area contributed by atoms with Crippen molar-refractivity contribution in [2.45, 2.75) is 32.7 Å². The topological polar surface area (TPSA) is 46.3 Å². The first-order valence-corrected chi connectivity index (χ1v) is 7.62. The third-order valence-electron chi connectivity index (χ3n) is 4.09. The van der Waals surface area contributed by atoms with Gasteiger partial charge in [0.25, 0.3) is 0 Å². The molecular weight excluding hydrogens is 276 g/mol. The van der Waals surface area contributed by atoms with E-state index in [1.54, 1.807) is 6.08 Å². The van der Waals surface area contributed by atoms with Crippen LogP contribution in [-0.4, -0.2) is 22.5 Å². The summed E-state index contributed by atoms with van der Waals surface area (Å²) >= 11 is 0. The molecule has 0 radical (unpaired) electrons. The van der Waals surface area contributed by atoms with Gasteiger partial charge in [0.1, 0.15) is 11.5 Å². The van der Waals surface area contributed by atoms with E-state index in [1.807, 2.05) is 55.1 Å². The fraction of sp³-hybridized carbons (Fsp3) is 0.333. The zero-order chi connectivity index (χ0) is 15.5. The average molecular weight is 296 g/mol. The van der Waals surface area contributed by atoms with Gasteiger partial charge in [0, 0.05) is 18.7 Å². The van der Waals surface area contributed by atoms with Crippen molar-refractivity contribution in [1.29, 1.82) is 0 Å². The summed E-state index contributed by atoms with van der Waals surface area (Å²) in [6, 6.07) is 11.9. The number of benzene rings is 1. The van der Waals surface area contributed by atoms with Gasteiger partial charge in [0.15, 0.2) is 0 Å². The minimum absolute atomic E-state index is 0.0322. The standard InChI is InChI=1S/C18H20N2O2/c1-13(15-7-4-3-5-8-15)11-18(21)20-10-6-9-17(20)16-12-14(2)22-19-16/h3-5,7-8,11-12,17H,6,9-10H2,1-2H3/b13-11-/t17-/m0/s1. The van der Waals surface area contributed by atoms with Crippen molar-refractivity contribution in [3.8, 4) is 0 Å². The molecule has 0 N–H and O–H groups in total. The van der Waals surface area contributed by atoms with Crippen LogP contribution in [-0.2, 0) is 4.79 Å². The first-order valence-electron chi connectivity index (χ1n) is 7.62. The molecule has 4 heteroatoms. The van der Waals surface area contributed by atoms with E-state index >= 15 is 0 Å². The normalized spacial score (nSPS) is 18.7. The van der Waals surface area contributed by atoms with Crippen LogP contribution in [0.25, 0.3) is 5.57 Å². The van der Waals surface area contributed by atoms with Gasteiger partial charge in [0.2, 0.25) is 5.91 Å². The fourth-order valence-corrected chi connectivity index (χ4v) is 2.93. The van der Waals surface area contributed by atoms with Crippen LogP contribution < -0.4 is 0 Å². The van der Waals surface area contributed by atoms with E-state index in [4.69, 9.17) is 4.52 Å². The number of hydrogen-bond donors (Lipinski definition) is 0. The molecule has 0 saturated carbocycles. The van der Waals surface area contributed by atoms with Crippen molar-refractivity contribution in [1.82, 2.24) is 10.1 Å². The number of aryl methyl sites for hydroxylation is 1. The van der Waals surface area contributed by atoms with Crippen molar-refractivity contribution in [3.05, 3.63) is 59.5 Å². The van der Waals surface area contributed by atoms with Gasteiger partial charge in [-0.3, -0.25) is 4.79 Å². The summed E-state index contributed by atoms with van der Waals surface area (Å²) < 4.78 is 5.15. The van der Waals surface area contributed by atoms with Crippen molar-refractivity contribution in [2.75, 3.05) is 6.54 Å². The molecule has 1 amide bonds. The van der Waals surface area contributed by atoms with Crippen LogP contribution in [0.4, 0.5) is 0 Å². The highest BCUT2D eigenvalue weighted by Gasteiger charge is 2.31. The molecule has 2 aromatic rings. The molecule has 114 valence electrons. The highest BCUT2D eigenvalue weighted by atomic mass is 16.5. The number of allylic oxidation sites excluding steroid dienone is 1. The quantitative estimate of drug-likeness (QED) is 0.810. The van der Waals surface area contributed by atoms with Gasteiger partial charge < -0.3 is 9.42 Å². The lowest BCUT2D eigenvalue weighted by molar-refractivity contribution is -0.126. The number of likely N-dealkylation sites (tertiary alicyclic amines) is 1. The van der Waals surface area contributed by atoms with Gasteiger partial charge in [-0.2, -0.15) is 0 Å². The molecule has 1 aromatic carbocycles. The average Bonchev–Trinajstić information content (AvgIpc) is 3.16. The van der Waals surface area contributed by atoms with Gasteiger partial charge in [-0.15, -0.1) is 0 Å². The second-order valence-corrected chi connectivity index (χ2v) is 5.75. The summed E-state index contributed by atoms with van der Waals surface area (Å²) in [6.07, 6.45) is 3.66. The van der Waals surface area contributed by atoms with Crippen molar-refractivity contribution >= 4 is 11.5 Å². The molecule has 1 fully saturated rings. The SMILES string of the molecule is C/C(=C/C(=O)N1CCC[C@H]1c1cc(C)on1)c1ccccc1. The maximum Gasteiger partial charge on any atom is 0.247 e. The fourth-order valence-electron chi connectivity index (χ4n) is 2.93. The van der Waals surface area contributed by atoms with Crippen molar-refractivity contribution in [2.24, 2.45) is 0 Å². The Bertz CT molecular complexity index is 688. The molecule has 2 heterocycles. The van der Waals surface area contributed by atoms with E-state index in [1.165, 1.54) is 0 Å². The number of hydrogen-bond acceptors (Lipinski definition) is 3. The zero-order valence-electron chi connectivity index (χ0n) is 13.0. The first kappa shape index (κ1) is 14.6. The molecule has 0 spiro atoms. The van der Waals surface area contributed by atoms with Gasteiger partial charge in [-0.1, -0.05) is 35.5 Å². The van der Waals surface area contributed by atoms with Gasteiger partial charge in [-0.25, -0.2) is 0 Å². The number of rotatable bonds is 3. The van der Waals surface area contributed by atoms with Crippen LogP contribution in [0, 0.1) is 6.92 Å². The van der Waals surface area contributed by atoms with E-state index in [2.05, 4.69) is 5.16 Å². The first-order chi connectivity index (χ1) is 10.6. The largest absolute Gasteiger partial charge is 0.361 e. The molecule has 1 atom stereocenters. The molecule has 22 heavy (non-hydrogen) atoms. The van der Waals surface area contributed by atoms with Gasteiger partial charge in [-0.05, 0) is 37.8 Å². The highest BCUT2D eigenvalue weighted by molar-refractivity contribution is 5.95. The summed E-state index contributed by atoms with van der Waals surface area (Å²) in [4.78, 5) is 14.5. The minimum atomic E-state index is 0.0322. The molecule has 4 nitrogen and oxygen atoms in total. The second-order valence-electron chi connectivity index (χ2n) is 5.75. The van der Waals surface area contributed by atoms with Crippen molar-refractivity contribution in [3.63, 3.8) is 0 Å². The summed E-state index contributed by atoms with van der Waals surface area (Å²) in [7, 11) is 0. The zero-order valence-corrected chi connectivity index (χ0v) is 13.0. The molecule has 0 bridgehead atoms. The van der Waals surface area contributed by atoms with Crippen molar-refractivity contribution < 1.29 is 9.32 Å². The molecule has 0 aliphatic carbocycles. The van der Waals surface area contributed by atoms with Crippen LogP contribution in [0.5, 0.6) is 0 Å². The van der Waals surface area contributed by atoms with Gasteiger partial charge >= 0.3 is 0 Å². The Labute approximate surface area is 130 Å². The van der Waals surface area contributed by atoms with E-state index in [0.717, 1.165) is 42.0 Å². The summed E-state index contributed by atoms with van der Waals surface area (Å²) in [5.74, 6) is 0.829. The van der Waals surface area contributed by atoms with E-state index in [0.29, 0.717) is 0 Å². The number of amides is 1. The van der Waals surface area contributed by atoms with Crippen LogP contribution in [0.3, 0.4) is 0 Å². The molecule has 0 unspecified atom stereocenters. The Kier molecular flexibility index (Phi) is 4.09. The van der Waals surface area contributed by atoms with E-state index < -0.39 is 0 Å². The minimum Gasteiger partial charge on any atom is -0.361 e. The third kappa shape index (κ3) is 2.96. The molecule has 1 saturated heterocycles. The van der Waals surface area contributed by atoms with Crippen LogP contribution >= 0.6 is 0 Å². The van der Waals surface area contributed by atoms with E-state index in [-0.39, 0.29) is 11.9 Å². The predicted molar refractivity (Wildman–Crippen MR) is 85.0 cm³/mol. The molecule has 1 aliphatic heterocycles. The molecular formula is C18H20N2O2. The Morgan fingerprint density at radius 2 is 2.14 bits per heavy atom. The Balaban J connectivity index is 1.79. The summed E-state index contributed by atoms with van der Waals surface area (Å²) in [5, 5.41) is 4.08. The van der Waals surface area contributed by atoms with Gasteiger partial charge in [0.05, 0.1) is 6.04 Å². The molecule has 1 aromatic heterocycles. The summed E-state index contributed by atoms with van der Waals surface area (Å²) in [5.41, 5.74) is 2.91. The molecule has 1 aliphatic rings. The number of carbonyl (C=O) groups is 1. The Hall–Kier alpha value is -2.36. The monoisotopic (exact) mass is 296 g/mol. The number of aromatic nitrogens is 1. The Morgan fingerprint density at radius 1 is 1.36 bits per heavy atom. The number of carbonyl (C=O) groups excluding carboxylic acids is 1. The molecule has 3 rings (SSSR count). The number of nitrogens with zero attached hydrogens (tertiary/aromatic N) is 2. The lowest BCUT2D eigenvalue weighted by Gasteiger charge is -2.21. The smallest absolute Gasteiger partial charge is 0.247 e. The lowest BCUT2D eigenvalue weighted by atomic mass is 10.1. The maximum absolute atomic E-state index is 12.6.